The minimum Gasteiger partial charge on any atom is -0.490 e. The lowest BCUT2D eigenvalue weighted by molar-refractivity contribution is -0.117. The Morgan fingerprint density at radius 1 is 1.08 bits per heavy atom. The molecule has 0 radical (unpaired) electrons. The molecule has 0 spiro atoms. The largest absolute Gasteiger partial charge is 0.490 e. The molecular weight excluding hydrogens is 593 g/mol. The van der Waals surface area contributed by atoms with Gasteiger partial charge < -0.3 is 20.1 Å². The second kappa shape index (κ2) is 11.6. The van der Waals surface area contributed by atoms with Crippen LogP contribution in [-0.2, 0) is 9.53 Å². The Kier molecular flexibility index (Phi) is 8.54. The molecule has 7 nitrogen and oxygen atoms in total. The quantitative estimate of drug-likeness (QED) is 0.322. The summed E-state index contributed by atoms with van der Waals surface area (Å²) in [5.41, 5.74) is 2.00. The highest BCUT2D eigenvalue weighted by atomic mass is 79.9. The van der Waals surface area contributed by atoms with Gasteiger partial charge >= 0.3 is 0 Å². The highest BCUT2D eigenvalue weighted by molar-refractivity contribution is 9.10. The van der Waals surface area contributed by atoms with Gasteiger partial charge in [-0.3, -0.25) is 9.59 Å². The van der Waals surface area contributed by atoms with Crippen LogP contribution in [0.15, 0.2) is 64.1 Å². The molecule has 2 amide bonds. The molecule has 0 saturated heterocycles. The number of rotatable bonds is 7. The van der Waals surface area contributed by atoms with Crippen molar-refractivity contribution in [3.8, 4) is 5.75 Å². The van der Waals surface area contributed by atoms with Crippen LogP contribution >= 0.6 is 50.7 Å². The third-order valence-electron chi connectivity index (χ3n) is 5.19. The number of nitrogens with zero attached hydrogens (tertiary/aromatic N) is 1. The standard InChI is InChI=1S/C25H19BrCl3N3O4/c1-35-8-9-36-20-7-6-13(26)10-16(20)24(33)32-23-25(34)30-19-5-3-2-4-15(19)22(31-23)21-17(28)11-14(27)12-18(21)29/h2-7,10-12,23H,8-9H2,1H3,(H,30,34)(H,32,33). The third kappa shape index (κ3) is 5.85. The molecule has 0 aliphatic carbocycles. The Morgan fingerprint density at radius 2 is 1.81 bits per heavy atom. The average Bonchev–Trinajstić information content (AvgIpc) is 2.96. The van der Waals surface area contributed by atoms with E-state index in [1.807, 2.05) is 0 Å². The SMILES string of the molecule is COCCOc1ccc(Br)cc1C(=O)NC1N=C(c2c(Cl)cc(Cl)cc2Cl)c2ccccc2NC1=O. The predicted octanol–water partition coefficient (Wildman–Crippen LogP) is 5.98. The summed E-state index contributed by atoms with van der Waals surface area (Å²) in [4.78, 5) is 31.0. The molecule has 3 aromatic rings. The van der Waals surface area contributed by atoms with Crippen molar-refractivity contribution >= 4 is 73.9 Å². The zero-order chi connectivity index (χ0) is 25.8. The van der Waals surface area contributed by atoms with Crippen molar-refractivity contribution in [2.24, 2.45) is 4.99 Å². The number of benzodiazepines with no additional fused rings is 1. The van der Waals surface area contributed by atoms with Gasteiger partial charge in [0, 0.05) is 27.7 Å². The van der Waals surface area contributed by atoms with Crippen molar-refractivity contribution in [3.05, 3.63) is 90.8 Å². The molecule has 4 rings (SSSR count). The normalized spacial score (nSPS) is 14.9. The summed E-state index contributed by atoms with van der Waals surface area (Å²) in [7, 11) is 1.55. The molecule has 2 N–H and O–H groups in total. The lowest BCUT2D eigenvalue weighted by Crippen LogP contribution is -2.42. The van der Waals surface area contributed by atoms with Gasteiger partial charge in [-0.15, -0.1) is 0 Å². The lowest BCUT2D eigenvalue weighted by atomic mass is 10.0. The average molecular weight is 612 g/mol. The van der Waals surface area contributed by atoms with Crippen molar-refractivity contribution in [1.82, 2.24) is 5.32 Å². The van der Waals surface area contributed by atoms with Crippen molar-refractivity contribution in [2.45, 2.75) is 6.17 Å². The van der Waals surface area contributed by atoms with E-state index in [0.717, 1.165) is 0 Å². The highest BCUT2D eigenvalue weighted by Crippen LogP contribution is 2.34. The fourth-order valence-electron chi connectivity index (χ4n) is 3.56. The molecule has 1 heterocycles. The molecule has 1 unspecified atom stereocenters. The molecule has 0 bridgehead atoms. The summed E-state index contributed by atoms with van der Waals surface area (Å²) >= 11 is 22.5. The summed E-state index contributed by atoms with van der Waals surface area (Å²) in [5.74, 6) is -0.770. The number of amides is 2. The smallest absolute Gasteiger partial charge is 0.269 e. The molecule has 11 heteroatoms. The van der Waals surface area contributed by atoms with Gasteiger partial charge in [0.2, 0.25) is 6.17 Å². The third-order valence-corrected chi connectivity index (χ3v) is 6.50. The molecule has 1 atom stereocenters. The zero-order valence-corrected chi connectivity index (χ0v) is 22.6. The van der Waals surface area contributed by atoms with Gasteiger partial charge in [-0.1, -0.05) is 68.9 Å². The number of halogens is 4. The van der Waals surface area contributed by atoms with Crippen molar-refractivity contribution in [3.63, 3.8) is 0 Å². The van der Waals surface area contributed by atoms with Gasteiger partial charge in [-0.05, 0) is 36.4 Å². The maximum atomic E-state index is 13.3. The first-order valence-corrected chi connectivity index (χ1v) is 12.6. The van der Waals surface area contributed by atoms with E-state index in [0.29, 0.717) is 44.4 Å². The number of hydrogen-bond donors (Lipinski definition) is 2. The van der Waals surface area contributed by atoms with Crippen LogP contribution in [0.2, 0.25) is 15.1 Å². The van der Waals surface area contributed by atoms with E-state index in [4.69, 9.17) is 44.3 Å². The Balaban J connectivity index is 1.75. The van der Waals surface area contributed by atoms with Gasteiger partial charge in [0.25, 0.3) is 11.8 Å². The number of methoxy groups -OCH3 is 1. The Labute approximate surface area is 230 Å². The molecule has 0 fully saturated rings. The molecule has 36 heavy (non-hydrogen) atoms. The fraction of sp³-hybridized carbons (Fsp3) is 0.160. The number of carbonyl (C=O) groups excluding carboxylic acids is 2. The minimum absolute atomic E-state index is 0.217. The maximum Gasteiger partial charge on any atom is 0.269 e. The van der Waals surface area contributed by atoms with E-state index in [-0.39, 0.29) is 22.2 Å². The molecule has 1 aliphatic heterocycles. The first-order valence-electron chi connectivity index (χ1n) is 10.6. The number of anilines is 1. The second-order valence-electron chi connectivity index (χ2n) is 7.61. The number of fused-ring (bicyclic) bond motifs is 1. The summed E-state index contributed by atoms with van der Waals surface area (Å²) in [6.45, 7) is 0.587. The summed E-state index contributed by atoms with van der Waals surface area (Å²) < 4.78 is 11.4. The number of hydrogen-bond acceptors (Lipinski definition) is 5. The van der Waals surface area contributed by atoms with Gasteiger partial charge in [-0.2, -0.15) is 0 Å². The van der Waals surface area contributed by atoms with Crippen molar-refractivity contribution < 1.29 is 19.1 Å². The Hall–Kier alpha value is -2.62. The second-order valence-corrected chi connectivity index (χ2v) is 9.78. The molecule has 0 saturated carbocycles. The fourth-order valence-corrected chi connectivity index (χ4v) is 4.92. The van der Waals surface area contributed by atoms with Crippen LogP contribution in [0.25, 0.3) is 0 Å². The Bertz CT molecular complexity index is 1340. The van der Waals surface area contributed by atoms with E-state index < -0.39 is 18.0 Å². The summed E-state index contributed by atoms with van der Waals surface area (Å²) in [6.07, 6.45) is -1.30. The number of aliphatic imine (C=N–C) groups is 1. The van der Waals surface area contributed by atoms with Crippen LogP contribution in [0, 0.1) is 0 Å². The van der Waals surface area contributed by atoms with Crippen LogP contribution in [0.3, 0.4) is 0 Å². The first-order chi connectivity index (χ1) is 17.3. The predicted molar refractivity (Wildman–Crippen MR) is 145 cm³/mol. The molecule has 3 aromatic carbocycles. The molecule has 186 valence electrons. The number of nitrogens with one attached hydrogen (secondary N) is 2. The van der Waals surface area contributed by atoms with E-state index in [1.54, 1.807) is 49.6 Å². The zero-order valence-electron chi connectivity index (χ0n) is 18.8. The van der Waals surface area contributed by atoms with E-state index in [9.17, 15) is 9.59 Å². The topological polar surface area (TPSA) is 89.0 Å². The number of benzene rings is 3. The number of para-hydroxylation sites is 1. The van der Waals surface area contributed by atoms with Gasteiger partial charge in [0.1, 0.15) is 12.4 Å². The van der Waals surface area contributed by atoms with Crippen LogP contribution < -0.4 is 15.4 Å². The Morgan fingerprint density at radius 3 is 2.53 bits per heavy atom. The summed E-state index contributed by atoms with van der Waals surface area (Å²) in [6, 6.07) is 15.1. The highest BCUT2D eigenvalue weighted by Gasteiger charge is 2.30. The van der Waals surface area contributed by atoms with Crippen molar-refractivity contribution in [1.29, 1.82) is 0 Å². The summed E-state index contributed by atoms with van der Waals surface area (Å²) in [5, 5.41) is 6.35. The van der Waals surface area contributed by atoms with Crippen LogP contribution in [0.1, 0.15) is 21.5 Å². The van der Waals surface area contributed by atoms with Crippen LogP contribution in [-0.4, -0.2) is 44.0 Å². The van der Waals surface area contributed by atoms with Crippen LogP contribution in [0.4, 0.5) is 5.69 Å². The van der Waals surface area contributed by atoms with E-state index in [2.05, 4.69) is 31.6 Å². The van der Waals surface area contributed by atoms with E-state index in [1.165, 1.54) is 12.1 Å². The van der Waals surface area contributed by atoms with Gasteiger partial charge in [0.15, 0.2) is 0 Å². The van der Waals surface area contributed by atoms with E-state index >= 15 is 0 Å². The molecule has 0 aromatic heterocycles. The van der Waals surface area contributed by atoms with Gasteiger partial charge in [-0.25, -0.2) is 4.99 Å². The van der Waals surface area contributed by atoms with Gasteiger partial charge in [0.05, 0.1) is 33.6 Å². The minimum atomic E-state index is -1.30. The monoisotopic (exact) mass is 609 g/mol. The number of ether oxygens (including phenoxy) is 2. The first kappa shape index (κ1) is 26.4. The number of carbonyl (C=O) groups is 2. The maximum absolute atomic E-state index is 13.3. The van der Waals surface area contributed by atoms with Crippen LogP contribution in [0.5, 0.6) is 5.75 Å². The molecular formula is C25H19BrCl3N3O4. The lowest BCUT2D eigenvalue weighted by Gasteiger charge is -2.16. The molecule has 1 aliphatic rings. The van der Waals surface area contributed by atoms with Crippen molar-refractivity contribution in [2.75, 3.05) is 25.6 Å².